The van der Waals surface area contributed by atoms with Crippen LogP contribution in [-0.2, 0) is 16.0 Å². The van der Waals surface area contributed by atoms with E-state index < -0.39 is 6.03 Å². The normalized spacial score (nSPS) is 13.9. The Morgan fingerprint density at radius 2 is 1.82 bits per heavy atom. The average Bonchev–Trinajstić information content (AvgIpc) is 2.70. The van der Waals surface area contributed by atoms with Crippen molar-refractivity contribution in [2.45, 2.75) is 25.8 Å². The molecule has 7 heteroatoms. The van der Waals surface area contributed by atoms with Crippen LogP contribution < -0.4 is 20.9 Å². The Morgan fingerprint density at radius 3 is 2.61 bits per heavy atom. The van der Waals surface area contributed by atoms with Crippen LogP contribution in [-0.4, -0.2) is 37.0 Å². The molecule has 0 saturated carbocycles. The standard InChI is InChI=1S/C21H24N4O3/c1-15(11-12-16-7-3-2-4-8-16)23-19(26)13-22-21(28)25-14-20(27)24-17-9-5-6-10-18(17)25/h2-10,15H,11-14H2,1H3,(H,22,28)(H,23,26)(H,24,27)/t15-/m0/s1. The van der Waals surface area contributed by atoms with Gasteiger partial charge in [-0.15, -0.1) is 0 Å². The number of hydrogen-bond donors (Lipinski definition) is 3. The molecular weight excluding hydrogens is 356 g/mol. The molecule has 1 aliphatic heterocycles. The molecule has 0 aliphatic carbocycles. The van der Waals surface area contributed by atoms with Gasteiger partial charge < -0.3 is 16.0 Å². The van der Waals surface area contributed by atoms with Crippen LogP contribution in [0, 0.1) is 0 Å². The first kappa shape index (κ1) is 19.4. The maximum absolute atomic E-state index is 12.5. The second-order valence-electron chi connectivity index (χ2n) is 6.80. The first-order chi connectivity index (χ1) is 13.5. The lowest BCUT2D eigenvalue weighted by Gasteiger charge is -2.29. The van der Waals surface area contributed by atoms with Crippen molar-refractivity contribution >= 4 is 29.2 Å². The SMILES string of the molecule is C[C@@H](CCc1ccccc1)NC(=O)CNC(=O)N1CC(=O)Nc2ccccc21. The molecular formula is C21H24N4O3. The summed E-state index contributed by atoms with van der Waals surface area (Å²) in [5, 5.41) is 8.20. The molecule has 0 unspecified atom stereocenters. The number of carbonyl (C=O) groups is 3. The molecule has 4 amide bonds. The molecule has 1 atom stereocenters. The molecule has 0 fully saturated rings. The van der Waals surface area contributed by atoms with Crippen LogP contribution in [0.25, 0.3) is 0 Å². The molecule has 2 aromatic rings. The molecule has 7 nitrogen and oxygen atoms in total. The third-order valence-electron chi connectivity index (χ3n) is 4.53. The van der Waals surface area contributed by atoms with E-state index >= 15 is 0 Å². The summed E-state index contributed by atoms with van der Waals surface area (Å²) in [6, 6.07) is 16.6. The summed E-state index contributed by atoms with van der Waals surface area (Å²) in [6.07, 6.45) is 1.68. The van der Waals surface area contributed by atoms with E-state index in [-0.39, 0.29) is 30.9 Å². The number of urea groups is 1. The Morgan fingerprint density at radius 1 is 1.11 bits per heavy atom. The number of benzene rings is 2. The minimum atomic E-state index is -0.477. The zero-order chi connectivity index (χ0) is 19.9. The minimum absolute atomic E-state index is 0.00824. The molecule has 0 radical (unpaired) electrons. The molecule has 0 spiro atoms. The maximum atomic E-state index is 12.5. The number of nitrogens with zero attached hydrogens (tertiary/aromatic N) is 1. The van der Waals surface area contributed by atoms with Gasteiger partial charge in [0.1, 0.15) is 6.54 Å². The van der Waals surface area contributed by atoms with Crippen molar-refractivity contribution in [3.63, 3.8) is 0 Å². The zero-order valence-electron chi connectivity index (χ0n) is 15.8. The summed E-state index contributed by atoms with van der Waals surface area (Å²) < 4.78 is 0. The predicted octanol–water partition coefficient (Wildman–Crippen LogP) is 2.29. The number of nitrogens with one attached hydrogen (secondary N) is 3. The molecule has 0 saturated heterocycles. The number of carbonyl (C=O) groups excluding carboxylic acids is 3. The van der Waals surface area contributed by atoms with Gasteiger partial charge in [-0.1, -0.05) is 42.5 Å². The van der Waals surface area contributed by atoms with Crippen molar-refractivity contribution in [2.75, 3.05) is 23.3 Å². The lowest BCUT2D eigenvalue weighted by Crippen LogP contribution is -2.50. The van der Waals surface area contributed by atoms with Gasteiger partial charge in [0.15, 0.2) is 0 Å². The van der Waals surface area contributed by atoms with E-state index in [1.54, 1.807) is 24.3 Å². The molecule has 0 aromatic heterocycles. The van der Waals surface area contributed by atoms with E-state index in [1.165, 1.54) is 10.5 Å². The highest BCUT2D eigenvalue weighted by Crippen LogP contribution is 2.28. The van der Waals surface area contributed by atoms with Gasteiger partial charge in [0, 0.05) is 6.04 Å². The molecule has 0 bridgehead atoms. The Hall–Kier alpha value is -3.35. The topological polar surface area (TPSA) is 90.5 Å². The highest BCUT2D eigenvalue weighted by Gasteiger charge is 2.26. The van der Waals surface area contributed by atoms with Crippen molar-refractivity contribution in [1.29, 1.82) is 0 Å². The van der Waals surface area contributed by atoms with Gasteiger partial charge in [-0.2, -0.15) is 0 Å². The molecule has 1 heterocycles. The summed E-state index contributed by atoms with van der Waals surface area (Å²) in [5.41, 5.74) is 2.41. The third kappa shape index (κ3) is 5.09. The van der Waals surface area contributed by atoms with E-state index in [0.717, 1.165) is 12.8 Å². The molecule has 28 heavy (non-hydrogen) atoms. The van der Waals surface area contributed by atoms with E-state index in [2.05, 4.69) is 28.1 Å². The second kappa shape index (κ2) is 9.03. The fraction of sp³-hybridized carbons (Fsp3) is 0.286. The molecule has 1 aliphatic rings. The highest BCUT2D eigenvalue weighted by molar-refractivity contribution is 6.09. The lowest BCUT2D eigenvalue weighted by molar-refractivity contribution is -0.120. The first-order valence-electron chi connectivity index (χ1n) is 9.30. The van der Waals surface area contributed by atoms with Crippen LogP contribution in [0.3, 0.4) is 0 Å². The van der Waals surface area contributed by atoms with Gasteiger partial charge in [-0.3, -0.25) is 14.5 Å². The third-order valence-corrected chi connectivity index (χ3v) is 4.53. The number of fused-ring (bicyclic) bond motifs is 1. The molecule has 3 N–H and O–H groups in total. The van der Waals surface area contributed by atoms with E-state index in [4.69, 9.17) is 0 Å². The van der Waals surface area contributed by atoms with E-state index in [0.29, 0.717) is 11.4 Å². The van der Waals surface area contributed by atoms with Gasteiger partial charge >= 0.3 is 6.03 Å². The Labute approximate surface area is 164 Å². The van der Waals surface area contributed by atoms with E-state index in [1.807, 2.05) is 25.1 Å². The summed E-state index contributed by atoms with van der Waals surface area (Å²) in [5.74, 6) is -0.531. The van der Waals surface area contributed by atoms with Gasteiger partial charge in [0.05, 0.1) is 17.9 Å². The minimum Gasteiger partial charge on any atom is -0.352 e. The predicted molar refractivity (Wildman–Crippen MR) is 108 cm³/mol. The van der Waals surface area contributed by atoms with Gasteiger partial charge in [0.25, 0.3) is 0 Å². The number of aryl methyl sites for hydroxylation is 1. The molecule has 2 aromatic carbocycles. The van der Waals surface area contributed by atoms with Gasteiger partial charge in [0.2, 0.25) is 11.8 Å². The van der Waals surface area contributed by atoms with Crippen LogP contribution >= 0.6 is 0 Å². The number of para-hydroxylation sites is 2. The average molecular weight is 380 g/mol. The number of amides is 4. The van der Waals surface area contributed by atoms with Crippen LogP contribution in [0.4, 0.5) is 16.2 Å². The van der Waals surface area contributed by atoms with Crippen molar-refractivity contribution in [3.8, 4) is 0 Å². The van der Waals surface area contributed by atoms with Crippen LogP contribution in [0.1, 0.15) is 18.9 Å². The lowest BCUT2D eigenvalue weighted by atomic mass is 10.1. The van der Waals surface area contributed by atoms with E-state index in [9.17, 15) is 14.4 Å². The fourth-order valence-electron chi connectivity index (χ4n) is 3.09. The largest absolute Gasteiger partial charge is 0.352 e. The fourth-order valence-corrected chi connectivity index (χ4v) is 3.09. The summed E-state index contributed by atoms with van der Waals surface area (Å²) in [7, 11) is 0. The maximum Gasteiger partial charge on any atom is 0.322 e. The zero-order valence-corrected chi connectivity index (χ0v) is 15.8. The van der Waals surface area contributed by atoms with Crippen molar-refractivity contribution in [3.05, 3.63) is 60.2 Å². The Balaban J connectivity index is 1.46. The van der Waals surface area contributed by atoms with Gasteiger partial charge in [-0.05, 0) is 37.5 Å². The summed E-state index contributed by atoms with van der Waals surface area (Å²) in [4.78, 5) is 37.7. The van der Waals surface area contributed by atoms with Crippen molar-refractivity contribution in [2.24, 2.45) is 0 Å². The quantitative estimate of drug-likeness (QED) is 0.718. The second-order valence-corrected chi connectivity index (χ2v) is 6.80. The molecule has 3 rings (SSSR count). The number of hydrogen-bond acceptors (Lipinski definition) is 3. The molecule has 146 valence electrons. The first-order valence-corrected chi connectivity index (χ1v) is 9.30. The van der Waals surface area contributed by atoms with Crippen LogP contribution in [0.2, 0.25) is 0 Å². The Kier molecular flexibility index (Phi) is 6.26. The smallest absolute Gasteiger partial charge is 0.322 e. The van der Waals surface area contributed by atoms with Crippen LogP contribution in [0.15, 0.2) is 54.6 Å². The van der Waals surface area contributed by atoms with Crippen LogP contribution in [0.5, 0.6) is 0 Å². The number of anilines is 2. The number of rotatable bonds is 6. The summed E-state index contributed by atoms with van der Waals surface area (Å²) >= 11 is 0. The highest BCUT2D eigenvalue weighted by atomic mass is 16.2. The van der Waals surface area contributed by atoms with Crippen molar-refractivity contribution in [1.82, 2.24) is 10.6 Å². The van der Waals surface area contributed by atoms with Crippen molar-refractivity contribution < 1.29 is 14.4 Å². The van der Waals surface area contributed by atoms with Gasteiger partial charge in [-0.25, -0.2) is 4.79 Å². The summed E-state index contributed by atoms with van der Waals surface area (Å²) in [6.45, 7) is 1.71. The monoisotopic (exact) mass is 380 g/mol. The Bertz CT molecular complexity index is 854.